The summed E-state index contributed by atoms with van der Waals surface area (Å²) in [6.07, 6.45) is 4.35. The molecular formula is C20H26N4O3. The molecule has 2 aliphatic rings. The zero-order chi connectivity index (χ0) is 18.9. The number of nitrogens with zero attached hydrogens (tertiary/aromatic N) is 2. The van der Waals surface area contributed by atoms with Gasteiger partial charge in [-0.25, -0.2) is 0 Å². The molecule has 2 atom stereocenters. The van der Waals surface area contributed by atoms with Gasteiger partial charge in [-0.3, -0.25) is 19.6 Å². The minimum absolute atomic E-state index is 0.0700. The summed E-state index contributed by atoms with van der Waals surface area (Å²) in [5.74, 6) is -0.0700. The van der Waals surface area contributed by atoms with E-state index >= 15 is 0 Å². The van der Waals surface area contributed by atoms with Crippen LogP contribution in [0.4, 0.5) is 0 Å². The van der Waals surface area contributed by atoms with E-state index in [-0.39, 0.29) is 23.9 Å². The minimum Gasteiger partial charge on any atom is -0.383 e. The zero-order valence-corrected chi connectivity index (χ0v) is 15.4. The molecule has 1 aromatic carbocycles. The Kier molecular flexibility index (Phi) is 4.88. The van der Waals surface area contributed by atoms with E-state index in [0.29, 0.717) is 25.1 Å². The second-order valence-corrected chi connectivity index (χ2v) is 7.58. The fraction of sp³-hybridized carbons (Fsp3) is 0.500. The Morgan fingerprint density at radius 3 is 2.59 bits per heavy atom. The fourth-order valence-corrected chi connectivity index (χ4v) is 4.42. The molecule has 0 aliphatic carbocycles. The number of H-pyrrole nitrogens is 2. The van der Waals surface area contributed by atoms with E-state index in [1.807, 2.05) is 30.3 Å². The van der Waals surface area contributed by atoms with E-state index in [2.05, 4.69) is 15.1 Å². The number of hydrogen-bond acceptors (Lipinski definition) is 4. The molecule has 27 heavy (non-hydrogen) atoms. The van der Waals surface area contributed by atoms with Gasteiger partial charge in [-0.1, -0.05) is 30.3 Å². The van der Waals surface area contributed by atoms with Gasteiger partial charge in [0.05, 0.1) is 12.5 Å². The van der Waals surface area contributed by atoms with Crippen LogP contribution < -0.4 is 5.56 Å². The minimum atomic E-state index is -0.964. The van der Waals surface area contributed by atoms with Crippen LogP contribution in [0.3, 0.4) is 0 Å². The normalized spacial score (nSPS) is 26.4. The number of nitrogens with one attached hydrogen (secondary N) is 2. The van der Waals surface area contributed by atoms with E-state index < -0.39 is 5.60 Å². The number of amides is 1. The predicted octanol–water partition coefficient (Wildman–Crippen LogP) is 0.830. The number of carbonyl (C=O) groups is 1. The molecule has 144 valence electrons. The van der Waals surface area contributed by atoms with Crippen LogP contribution in [0.2, 0.25) is 0 Å². The molecule has 3 heterocycles. The molecular weight excluding hydrogens is 344 g/mol. The summed E-state index contributed by atoms with van der Waals surface area (Å²) in [6, 6.07) is 9.66. The summed E-state index contributed by atoms with van der Waals surface area (Å²) in [5.41, 5.74) is 0.142. The Morgan fingerprint density at radius 1 is 1.19 bits per heavy atom. The average molecular weight is 370 g/mol. The number of likely N-dealkylation sites (tertiary alicyclic amines) is 2. The highest BCUT2D eigenvalue weighted by Crippen LogP contribution is 2.37. The predicted molar refractivity (Wildman–Crippen MR) is 101 cm³/mol. The quantitative estimate of drug-likeness (QED) is 0.743. The van der Waals surface area contributed by atoms with Gasteiger partial charge in [0, 0.05) is 24.8 Å². The molecule has 0 radical (unpaired) electrons. The standard InChI is InChI=1S/C20H26N4O3/c25-18(12-15-13-21-22-19(15)26)24-11-8-20(27,16-6-2-1-3-7-16)17(14-24)23-9-4-5-10-23/h1-3,6-7,13,17,27H,4-5,8-12,14H2,(H2,21,22,26)/t17-,20+/m1/s1. The van der Waals surface area contributed by atoms with Crippen molar-refractivity contribution in [2.24, 2.45) is 0 Å². The number of aromatic nitrogens is 2. The van der Waals surface area contributed by atoms with E-state index in [0.717, 1.165) is 31.5 Å². The number of benzene rings is 1. The molecule has 2 fully saturated rings. The third-order valence-corrected chi connectivity index (χ3v) is 5.98. The molecule has 7 nitrogen and oxygen atoms in total. The first-order chi connectivity index (χ1) is 13.1. The van der Waals surface area contributed by atoms with Crippen molar-refractivity contribution in [3.05, 3.63) is 58.0 Å². The van der Waals surface area contributed by atoms with Gasteiger partial charge in [-0.2, -0.15) is 0 Å². The van der Waals surface area contributed by atoms with Gasteiger partial charge in [0.2, 0.25) is 5.91 Å². The summed E-state index contributed by atoms with van der Waals surface area (Å²) in [6.45, 7) is 2.85. The van der Waals surface area contributed by atoms with Crippen molar-refractivity contribution < 1.29 is 9.90 Å². The Balaban J connectivity index is 1.56. The van der Waals surface area contributed by atoms with Gasteiger partial charge in [-0.15, -0.1) is 0 Å². The van der Waals surface area contributed by atoms with Crippen LogP contribution in [-0.2, 0) is 16.8 Å². The van der Waals surface area contributed by atoms with E-state index in [9.17, 15) is 14.7 Å². The van der Waals surface area contributed by atoms with Gasteiger partial charge in [-0.05, 0) is 37.9 Å². The number of carbonyl (C=O) groups excluding carboxylic acids is 1. The monoisotopic (exact) mass is 370 g/mol. The third kappa shape index (κ3) is 3.44. The molecule has 7 heteroatoms. The topological polar surface area (TPSA) is 92.4 Å². The lowest BCUT2D eigenvalue weighted by Crippen LogP contribution is -2.61. The highest BCUT2D eigenvalue weighted by molar-refractivity contribution is 5.78. The average Bonchev–Trinajstić information content (AvgIpc) is 3.35. The molecule has 0 saturated carbocycles. The van der Waals surface area contributed by atoms with Crippen LogP contribution in [0.1, 0.15) is 30.4 Å². The third-order valence-electron chi connectivity index (χ3n) is 5.98. The van der Waals surface area contributed by atoms with E-state index in [4.69, 9.17) is 0 Å². The Labute approximate surface area is 158 Å². The molecule has 0 unspecified atom stereocenters. The highest BCUT2D eigenvalue weighted by atomic mass is 16.3. The maximum atomic E-state index is 12.8. The lowest BCUT2D eigenvalue weighted by atomic mass is 9.79. The van der Waals surface area contributed by atoms with Crippen LogP contribution in [0.5, 0.6) is 0 Å². The zero-order valence-electron chi connectivity index (χ0n) is 15.4. The van der Waals surface area contributed by atoms with Crippen molar-refractivity contribution in [1.82, 2.24) is 20.0 Å². The maximum absolute atomic E-state index is 12.8. The molecule has 2 aliphatic heterocycles. The summed E-state index contributed by atoms with van der Waals surface area (Å²) < 4.78 is 0. The first-order valence-corrected chi connectivity index (χ1v) is 9.62. The molecule has 1 amide bonds. The van der Waals surface area contributed by atoms with Gasteiger partial charge in [0.15, 0.2) is 0 Å². The highest BCUT2D eigenvalue weighted by Gasteiger charge is 2.47. The van der Waals surface area contributed by atoms with Crippen LogP contribution in [0.15, 0.2) is 41.3 Å². The van der Waals surface area contributed by atoms with E-state index in [1.165, 1.54) is 0 Å². The summed E-state index contributed by atoms with van der Waals surface area (Å²) in [4.78, 5) is 28.6. The van der Waals surface area contributed by atoms with Crippen molar-refractivity contribution in [3.8, 4) is 0 Å². The van der Waals surface area contributed by atoms with Crippen LogP contribution in [0.25, 0.3) is 0 Å². The summed E-state index contributed by atoms with van der Waals surface area (Å²) in [5, 5.41) is 16.7. The van der Waals surface area contributed by atoms with Crippen LogP contribution in [0, 0.1) is 0 Å². The molecule has 0 spiro atoms. The molecule has 2 aromatic rings. The molecule has 3 N–H and O–H groups in total. The molecule has 1 aromatic heterocycles. The first-order valence-electron chi connectivity index (χ1n) is 9.62. The molecule has 0 bridgehead atoms. The number of piperidine rings is 1. The lowest BCUT2D eigenvalue weighted by molar-refractivity contribution is -0.142. The second-order valence-electron chi connectivity index (χ2n) is 7.58. The Bertz CT molecular complexity index is 840. The van der Waals surface area contributed by atoms with Gasteiger partial charge >= 0.3 is 0 Å². The number of rotatable bonds is 4. The van der Waals surface area contributed by atoms with Crippen LogP contribution >= 0.6 is 0 Å². The molecule has 4 rings (SSSR count). The summed E-state index contributed by atoms with van der Waals surface area (Å²) in [7, 11) is 0. The largest absolute Gasteiger partial charge is 0.383 e. The van der Waals surface area contributed by atoms with Gasteiger partial charge in [0.25, 0.3) is 5.56 Å². The maximum Gasteiger partial charge on any atom is 0.267 e. The van der Waals surface area contributed by atoms with Crippen molar-refractivity contribution in [3.63, 3.8) is 0 Å². The second kappa shape index (κ2) is 7.32. The van der Waals surface area contributed by atoms with Crippen molar-refractivity contribution in [1.29, 1.82) is 0 Å². The smallest absolute Gasteiger partial charge is 0.267 e. The lowest BCUT2D eigenvalue weighted by Gasteiger charge is -2.48. The van der Waals surface area contributed by atoms with Crippen molar-refractivity contribution >= 4 is 5.91 Å². The number of hydrogen-bond donors (Lipinski definition) is 3. The SMILES string of the molecule is O=C(Cc1c[nH][nH]c1=O)N1CC[C@](O)(c2ccccc2)[C@H](N2CCCC2)C1. The Hall–Kier alpha value is -2.38. The van der Waals surface area contributed by atoms with Gasteiger partial charge in [0.1, 0.15) is 5.60 Å². The first kappa shape index (κ1) is 18.0. The number of aliphatic hydroxyl groups is 1. The molecule has 2 saturated heterocycles. The number of aromatic amines is 2. The van der Waals surface area contributed by atoms with Crippen LogP contribution in [-0.4, -0.2) is 63.2 Å². The van der Waals surface area contributed by atoms with E-state index in [1.54, 1.807) is 11.1 Å². The van der Waals surface area contributed by atoms with Crippen molar-refractivity contribution in [2.75, 3.05) is 26.2 Å². The Morgan fingerprint density at radius 2 is 1.93 bits per heavy atom. The van der Waals surface area contributed by atoms with Gasteiger partial charge < -0.3 is 15.1 Å². The summed E-state index contributed by atoms with van der Waals surface area (Å²) >= 11 is 0. The fourth-order valence-electron chi connectivity index (χ4n) is 4.42. The van der Waals surface area contributed by atoms with Crippen molar-refractivity contribution in [2.45, 2.75) is 37.3 Å².